The molecule has 2 aliphatic rings. The quantitative estimate of drug-likeness (QED) is 0.506. The third-order valence-electron chi connectivity index (χ3n) is 3.49. The minimum atomic E-state index is -1.34. The summed E-state index contributed by atoms with van der Waals surface area (Å²) < 4.78 is 0. The Morgan fingerprint density at radius 1 is 1.19 bits per heavy atom. The molecule has 2 rings (SSSR count). The summed E-state index contributed by atoms with van der Waals surface area (Å²) in [5, 5.41) is 8.70. The van der Waals surface area contributed by atoms with Crippen molar-refractivity contribution in [2.24, 2.45) is 17.4 Å². The van der Waals surface area contributed by atoms with E-state index in [0.717, 1.165) is 0 Å². The third kappa shape index (κ3) is 1.64. The molecule has 0 aromatic rings. The van der Waals surface area contributed by atoms with E-state index >= 15 is 0 Å². The van der Waals surface area contributed by atoms with Gasteiger partial charge in [-0.3, -0.25) is 14.4 Å². The number of ketones is 2. The molecule has 16 heavy (non-hydrogen) atoms. The fraction of sp³-hybridized carbons (Fsp3) is 0.700. The monoisotopic (exact) mass is 226 g/mol. The van der Waals surface area contributed by atoms with Crippen LogP contribution in [0.1, 0.15) is 25.7 Å². The Morgan fingerprint density at radius 2 is 1.75 bits per heavy atom. The molecule has 0 heterocycles. The highest BCUT2D eigenvalue weighted by atomic mass is 16.4. The minimum absolute atomic E-state index is 0.117. The average molecular weight is 226 g/mol. The molecule has 2 unspecified atom stereocenters. The lowest BCUT2D eigenvalue weighted by atomic mass is 9.99. The normalized spacial score (nSPS) is 34.2. The zero-order valence-electron chi connectivity index (χ0n) is 8.73. The number of Topliss-reactive ketones (excluding diaryl/α,β-unsaturated/α-hetero) is 2. The highest BCUT2D eigenvalue weighted by Crippen LogP contribution is 2.43. The maximum Gasteiger partial charge on any atom is 0.308 e. The smallest absolute Gasteiger partial charge is 0.308 e. The van der Waals surface area contributed by atoms with Crippen LogP contribution in [0.2, 0.25) is 0 Å². The molecule has 0 radical (unpaired) electrons. The number of carboxylic acids is 1. The van der Waals surface area contributed by atoms with E-state index in [0.29, 0.717) is 12.8 Å². The van der Waals surface area contributed by atoms with Gasteiger partial charge in [-0.2, -0.15) is 0 Å². The van der Waals surface area contributed by atoms with Crippen LogP contribution in [0.15, 0.2) is 0 Å². The number of hydrogen-bond donors (Lipinski definition) is 3. The van der Waals surface area contributed by atoms with Crippen LogP contribution in [-0.2, 0) is 14.4 Å². The van der Waals surface area contributed by atoms with Crippen LogP contribution in [-0.4, -0.2) is 33.7 Å². The van der Waals surface area contributed by atoms with Crippen molar-refractivity contribution in [3.63, 3.8) is 0 Å². The number of carboxylic acid groups (broad SMARTS) is 1. The van der Waals surface area contributed by atoms with E-state index in [4.69, 9.17) is 16.6 Å². The first-order valence-electron chi connectivity index (χ1n) is 5.17. The average Bonchev–Trinajstić information content (AvgIpc) is 3.05. The molecule has 6 nitrogen and oxygen atoms in total. The van der Waals surface area contributed by atoms with Gasteiger partial charge in [0.2, 0.25) is 0 Å². The first-order chi connectivity index (χ1) is 7.29. The summed E-state index contributed by atoms with van der Waals surface area (Å²) in [7, 11) is 0. The summed E-state index contributed by atoms with van der Waals surface area (Å²) in [5.74, 6) is -2.75. The minimum Gasteiger partial charge on any atom is -0.481 e. The van der Waals surface area contributed by atoms with Gasteiger partial charge in [0.05, 0.1) is 23.4 Å². The van der Waals surface area contributed by atoms with Gasteiger partial charge in [-0.05, 0) is 19.3 Å². The molecular weight excluding hydrogens is 212 g/mol. The van der Waals surface area contributed by atoms with Crippen LogP contribution in [0.25, 0.3) is 0 Å². The Morgan fingerprint density at radius 3 is 2.12 bits per heavy atom. The Balaban J connectivity index is 1.95. The van der Waals surface area contributed by atoms with Crippen LogP contribution in [0.5, 0.6) is 0 Å². The van der Waals surface area contributed by atoms with E-state index in [1.54, 1.807) is 0 Å². The second-order valence-electron chi connectivity index (χ2n) is 4.81. The summed E-state index contributed by atoms with van der Waals surface area (Å²) in [6.07, 6.45) is 0.973. The Bertz CT molecular complexity index is 388. The standard InChI is InChI=1S/C10H14N2O4/c11-9(1-2-9)6(13)3-7(14)10(12)4-5(10)8(15)16/h5H,1-4,11-12H2,(H,15,16). The molecule has 0 spiro atoms. The molecule has 0 aromatic carbocycles. The Kier molecular flexibility index (Phi) is 2.18. The van der Waals surface area contributed by atoms with Gasteiger partial charge < -0.3 is 16.6 Å². The van der Waals surface area contributed by atoms with Crippen molar-refractivity contribution in [3.8, 4) is 0 Å². The van der Waals surface area contributed by atoms with Crippen LogP contribution in [0.4, 0.5) is 0 Å². The molecule has 0 aliphatic heterocycles. The topological polar surface area (TPSA) is 123 Å². The van der Waals surface area contributed by atoms with Crippen molar-refractivity contribution < 1.29 is 19.5 Å². The van der Waals surface area contributed by atoms with Crippen LogP contribution < -0.4 is 11.5 Å². The highest BCUT2D eigenvalue weighted by Gasteiger charge is 2.61. The van der Waals surface area contributed by atoms with Crippen LogP contribution in [0.3, 0.4) is 0 Å². The highest BCUT2D eigenvalue weighted by molar-refractivity contribution is 6.11. The number of rotatable bonds is 5. The van der Waals surface area contributed by atoms with E-state index in [9.17, 15) is 14.4 Å². The summed E-state index contributed by atoms with van der Waals surface area (Å²) in [4.78, 5) is 33.8. The van der Waals surface area contributed by atoms with Gasteiger partial charge in [-0.15, -0.1) is 0 Å². The van der Waals surface area contributed by atoms with Gasteiger partial charge in [-0.1, -0.05) is 0 Å². The van der Waals surface area contributed by atoms with E-state index in [1.807, 2.05) is 0 Å². The zero-order valence-corrected chi connectivity index (χ0v) is 8.73. The lowest BCUT2D eigenvalue weighted by molar-refractivity contribution is -0.141. The molecule has 2 atom stereocenters. The van der Waals surface area contributed by atoms with Crippen LogP contribution in [0, 0.1) is 5.92 Å². The van der Waals surface area contributed by atoms with Gasteiger partial charge in [0.15, 0.2) is 11.6 Å². The predicted octanol–water partition coefficient (Wildman–Crippen LogP) is -1.19. The molecule has 6 heteroatoms. The number of nitrogens with two attached hydrogens (primary N) is 2. The molecular formula is C10H14N2O4. The first-order valence-corrected chi connectivity index (χ1v) is 5.17. The fourth-order valence-corrected chi connectivity index (χ4v) is 1.79. The maximum atomic E-state index is 11.7. The van der Waals surface area contributed by atoms with Gasteiger partial charge >= 0.3 is 5.97 Å². The van der Waals surface area contributed by atoms with Crippen LogP contribution >= 0.6 is 0 Å². The van der Waals surface area contributed by atoms with E-state index in [1.165, 1.54) is 0 Å². The molecule has 2 saturated carbocycles. The second kappa shape index (κ2) is 3.11. The lowest BCUT2D eigenvalue weighted by Crippen LogP contribution is -2.42. The third-order valence-corrected chi connectivity index (χ3v) is 3.49. The van der Waals surface area contributed by atoms with E-state index in [2.05, 4.69) is 0 Å². The summed E-state index contributed by atoms with van der Waals surface area (Å²) in [6, 6.07) is 0. The molecule has 2 fully saturated rings. The summed E-state index contributed by atoms with van der Waals surface area (Å²) in [5.41, 5.74) is 9.07. The van der Waals surface area contributed by atoms with Gasteiger partial charge in [-0.25, -0.2) is 0 Å². The molecule has 88 valence electrons. The Hall–Kier alpha value is -1.27. The Labute approximate surface area is 92.0 Å². The maximum absolute atomic E-state index is 11.7. The predicted molar refractivity (Wildman–Crippen MR) is 53.4 cm³/mol. The van der Waals surface area contributed by atoms with Crippen molar-refractivity contribution >= 4 is 17.5 Å². The first kappa shape index (κ1) is 11.2. The molecule has 2 aliphatic carbocycles. The fourth-order valence-electron chi connectivity index (χ4n) is 1.79. The van der Waals surface area contributed by atoms with Crippen molar-refractivity contribution in [1.82, 2.24) is 0 Å². The lowest BCUT2D eigenvalue weighted by Gasteiger charge is -2.10. The molecule has 5 N–H and O–H groups in total. The second-order valence-corrected chi connectivity index (χ2v) is 4.81. The van der Waals surface area contributed by atoms with Gasteiger partial charge in [0.25, 0.3) is 0 Å². The largest absolute Gasteiger partial charge is 0.481 e. The van der Waals surface area contributed by atoms with E-state index in [-0.39, 0.29) is 18.6 Å². The van der Waals surface area contributed by atoms with Crippen molar-refractivity contribution in [2.75, 3.05) is 0 Å². The zero-order chi connectivity index (χ0) is 12.1. The number of aliphatic carboxylic acids is 1. The van der Waals surface area contributed by atoms with Crippen molar-refractivity contribution in [2.45, 2.75) is 36.8 Å². The molecule has 0 bridgehead atoms. The SMILES string of the molecule is NC1(C(=O)CC(=O)C2(N)CC2C(=O)O)CC1. The molecule has 0 aromatic heterocycles. The number of carbonyl (C=O) groups is 3. The van der Waals surface area contributed by atoms with Crippen molar-refractivity contribution in [3.05, 3.63) is 0 Å². The summed E-state index contributed by atoms with van der Waals surface area (Å²) in [6.45, 7) is 0. The number of carbonyl (C=O) groups excluding carboxylic acids is 2. The molecule has 0 saturated heterocycles. The van der Waals surface area contributed by atoms with E-state index < -0.39 is 28.7 Å². The van der Waals surface area contributed by atoms with Gasteiger partial charge in [0.1, 0.15) is 0 Å². The van der Waals surface area contributed by atoms with Crippen molar-refractivity contribution in [1.29, 1.82) is 0 Å². The number of hydrogen-bond acceptors (Lipinski definition) is 5. The molecule has 0 amide bonds. The van der Waals surface area contributed by atoms with Gasteiger partial charge in [0, 0.05) is 0 Å². The summed E-state index contributed by atoms with van der Waals surface area (Å²) >= 11 is 0.